The third-order valence-corrected chi connectivity index (χ3v) is 6.20. The summed E-state index contributed by atoms with van der Waals surface area (Å²) in [7, 11) is 0. The molecule has 1 aliphatic carbocycles. The SMILES string of the molecule is C[C@@H](O)c1cc2cnc3ccsc3c2n1C1CCC(CC#N)CC1. The second kappa shape index (κ2) is 6.19. The van der Waals surface area contributed by atoms with Crippen molar-refractivity contribution >= 4 is 32.5 Å². The molecular weight excluding hydrogens is 318 g/mol. The van der Waals surface area contributed by atoms with Crippen LogP contribution in [0.5, 0.6) is 0 Å². The number of pyridine rings is 1. The second-order valence-electron chi connectivity index (χ2n) is 6.85. The highest BCUT2D eigenvalue weighted by molar-refractivity contribution is 7.18. The first-order valence-corrected chi connectivity index (χ1v) is 9.49. The van der Waals surface area contributed by atoms with Crippen LogP contribution in [-0.2, 0) is 0 Å². The van der Waals surface area contributed by atoms with Gasteiger partial charge in [-0.15, -0.1) is 11.3 Å². The average Bonchev–Trinajstić information content (AvgIpc) is 3.19. The third-order valence-electron chi connectivity index (χ3n) is 5.29. The molecule has 4 nitrogen and oxygen atoms in total. The zero-order valence-electron chi connectivity index (χ0n) is 13.8. The van der Waals surface area contributed by atoms with Gasteiger partial charge in [0.05, 0.1) is 27.9 Å². The molecule has 3 aromatic heterocycles. The first-order valence-electron chi connectivity index (χ1n) is 8.61. The lowest BCUT2D eigenvalue weighted by molar-refractivity contribution is 0.180. The Morgan fingerprint density at radius 1 is 1.42 bits per heavy atom. The number of fused-ring (bicyclic) bond motifs is 3. The number of aliphatic hydroxyl groups is 1. The maximum atomic E-state index is 10.3. The van der Waals surface area contributed by atoms with E-state index in [1.54, 1.807) is 11.3 Å². The van der Waals surface area contributed by atoms with Crippen LogP contribution >= 0.6 is 11.3 Å². The number of rotatable bonds is 3. The third kappa shape index (κ3) is 2.51. The molecule has 0 saturated heterocycles. The van der Waals surface area contributed by atoms with Gasteiger partial charge < -0.3 is 9.67 Å². The number of aliphatic hydroxyl groups excluding tert-OH is 1. The molecule has 1 saturated carbocycles. The molecule has 4 rings (SSSR count). The van der Waals surface area contributed by atoms with E-state index in [1.165, 1.54) is 10.2 Å². The molecule has 0 unspecified atom stereocenters. The van der Waals surface area contributed by atoms with Gasteiger partial charge in [-0.2, -0.15) is 5.26 Å². The minimum Gasteiger partial charge on any atom is -0.387 e. The molecule has 0 spiro atoms. The van der Waals surface area contributed by atoms with E-state index in [4.69, 9.17) is 5.26 Å². The highest BCUT2D eigenvalue weighted by Gasteiger charge is 2.27. The Kier molecular flexibility index (Phi) is 4.03. The Bertz CT molecular complexity index is 910. The number of thiophene rings is 1. The summed E-state index contributed by atoms with van der Waals surface area (Å²) in [6.07, 6.45) is 6.43. The van der Waals surface area contributed by atoms with Crippen molar-refractivity contribution < 1.29 is 5.11 Å². The number of nitrogens with zero attached hydrogens (tertiary/aromatic N) is 3. The predicted octanol–water partition coefficient (Wildman–Crippen LogP) is 4.95. The Balaban J connectivity index is 1.82. The molecule has 5 heteroatoms. The summed E-state index contributed by atoms with van der Waals surface area (Å²) in [5.41, 5.74) is 3.23. The quantitative estimate of drug-likeness (QED) is 0.734. The average molecular weight is 339 g/mol. The molecule has 124 valence electrons. The largest absolute Gasteiger partial charge is 0.387 e. The molecule has 1 N–H and O–H groups in total. The number of nitriles is 1. The fourth-order valence-corrected chi connectivity index (χ4v) is 4.98. The molecular formula is C19H21N3OS. The zero-order chi connectivity index (χ0) is 16.7. The van der Waals surface area contributed by atoms with Crippen LogP contribution in [0.2, 0.25) is 0 Å². The normalized spacial score (nSPS) is 22.7. The molecule has 0 bridgehead atoms. The molecule has 1 atom stereocenters. The second-order valence-corrected chi connectivity index (χ2v) is 7.77. The first-order chi connectivity index (χ1) is 11.7. The van der Waals surface area contributed by atoms with Crippen LogP contribution in [0.3, 0.4) is 0 Å². The molecule has 0 amide bonds. The Morgan fingerprint density at radius 2 is 2.21 bits per heavy atom. The zero-order valence-corrected chi connectivity index (χ0v) is 14.6. The lowest BCUT2D eigenvalue weighted by Crippen LogP contribution is -2.20. The van der Waals surface area contributed by atoms with Crippen molar-refractivity contribution in [1.29, 1.82) is 5.26 Å². The lowest BCUT2D eigenvalue weighted by Gasteiger charge is -2.31. The highest BCUT2D eigenvalue weighted by atomic mass is 32.1. The van der Waals surface area contributed by atoms with Gasteiger partial charge in [-0.05, 0) is 56.0 Å². The molecule has 0 aromatic carbocycles. The van der Waals surface area contributed by atoms with E-state index in [-0.39, 0.29) is 0 Å². The number of hydrogen-bond acceptors (Lipinski definition) is 4. The van der Waals surface area contributed by atoms with Gasteiger partial charge >= 0.3 is 0 Å². The monoisotopic (exact) mass is 339 g/mol. The summed E-state index contributed by atoms with van der Waals surface area (Å²) in [6.45, 7) is 1.84. The standard InChI is InChI=1S/C19H21N3OS/c1-12(23)17-10-14-11-21-16-7-9-24-19(16)18(14)22(17)15-4-2-13(3-5-15)6-8-20/h7,9-13,15,23H,2-6H2,1H3/t12-,13?,15?/m1/s1. The van der Waals surface area contributed by atoms with Gasteiger partial charge in [0.15, 0.2) is 0 Å². The molecule has 24 heavy (non-hydrogen) atoms. The fourth-order valence-electron chi connectivity index (χ4n) is 4.08. The molecule has 0 aliphatic heterocycles. The van der Waals surface area contributed by atoms with Gasteiger partial charge in [-0.1, -0.05) is 0 Å². The topological polar surface area (TPSA) is 61.8 Å². The Labute approximate surface area is 145 Å². The molecule has 3 heterocycles. The fraction of sp³-hybridized carbons (Fsp3) is 0.474. The summed E-state index contributed by atoms with van der Waals surface area (Å²) >= 11 is 1.72. The minimum absolute atomic E-state index is 0.398. The molecule has 3 aromatic rings. The number of aromatic nitrogens is 2. The lowest BCUT2D eigenvalue weighted by atomic mass is 9.84. The van der Waals surface area contributed by atoms with E-state index in [1.807, 2.05) is 13.1 Å². The highest BCUT2D eigenvalue weighted by Crippen LogP contribution is 2.40. The van der Waals surface area contributed by atoms with Crippen molar-refractivity contribution in [2.75, 3.05) is 0 Å². The van der Waals surface area contributed by atoms with Crippen molar-refractivity contribution in [2.45, 2.75) is 51.2 Å². The van der Waals surface area contributed by atoms with Crippen LogP contribution in [0.15, 0.2) is 23.7 Å². The van der Waals surface area contributed by atoms with Crippen molar-refractivity contribution in [3.63, 3.8) is 0 Å². The summed E-state index contributed by atoms with van der Waals surface area (Å²) in [6, 6.07) is 6.86. The maximum Gasteiger partial charge on any atom is 0.0912 e. The van der Waals surface area contributed by atoms with Crippen molar-refractivity contribution in [3.05, 3.63) is 29.4 Å². The van der Waals surface area contributed by atoms with Gasteiger partial charge in [0.25, 0.3) is 0 Å². The smallest absolute Gasteiger partial charge is 0.0912 e. The van der Waals surface area contributed by atoms with Crippen LogP contribution in [0.25, 0.3) is 21.1 Å². The van der Waals surface area contributed by atoms with Crippen LogP contribution < -0.4 is 0 Å². The van der Waals surface area contributed by atoms with E-state index in [0.29, 0.717) is 18.4 Å². The van der Waals surface area contributed by atoms with E-state index in [2.05, 4.69) is 33.1 Å². The van der Waals surface area contributed by atoms with E-state index in [9.17, 15) is 5.11 Å². The van der Waals surface area contributed by atoms with Crippen LogP contribution in [0.4, 0.5) is 0 Å². The van der Waals surface area contributed by atoms with E-state index < -0.39 is 6.10 Å². The Morgan fingerprint density at radius 3 is 2.92 bits per heavy atom. The predicted molar refractivity (Wildman–Crippen MR) is 97.0 cm³/mol. The van der Waals surface area contributed by atoms with Crippen molar-refractivity contribution in [3.8, 4) is 6.07 Å². The number of hydrogen-bond donors (Lipinski definition) is 1. The summed E-state index contributed by atoms with van der Waals surface area (Å²) in [4.78, 5) is 4.54. The van der Waals surface area contributed by atoms with Gasteiger partial charge in [0, 0.05) is 29.7 Å². The van der Waals surface area contributed by atoms with Crippen LogP contribution in [0, 0.1) is 17.2 Å². The summed E-state index contributed by atoms with van der Waals surface area (Å²) in [5, 5.41) is 22.4. The van der Waals surface area contributed by atoms with Gasteiger partial charge in [0.1, 0.15) is 0 Å². The molecule has 0 radical (unpaired) electrons. The van der Waals surface area contributed by atoms with Gasteiger partial charge in [0.2, 0.25) is 0 Å². The van der Waals surface area contributed by atoms with Gasteiger partial charge in [-0.25, -0.2) is 0 Å². The van der Waals surface area contributed by atoms with Crippen LogP contribution in [0.1, 0.15) is 56.9 Å². The molecule has 1 fully saturated rings. The maximum absolute atomic E-state index is 10.3. The van der Waals surface area contributed by atoms with Crippen molar-refractivity contribution in [1.82, 2.24) is 9.55 Å². The van der Waals surface area contributed by atoms with E-state index >= 15 is 0 Å². The minimum atomic E-state index is -0.496. The molecule has 1 aliphatic rings. The van der Waals surface area contributed by atoms with E-state index in [0.717, 1.165) is 42.3 Å². The summed E-state index contributed by atoms with van der Waals surface area (Å²) in [5.74, 6) is 0.534. The summed E-state index contributed by atoms with van der Waals surface area (Å²) < 4.78 is 3.57. The van der Waals surface area contributed by atoms with Gasteiger partial charge in [-0.3, -0.25) is 4.98 Å². The van der Waals surface area contributed by atoms with Crippen LogP contribution in [-0.4, -0.2) is 14.7 Å². The Hall–Kier alpha value is -1.90. The van der Waals surface area contributed by atoms with Crippen molar-refractivity contribution in [2.24, 2.45) is 5.92 Å². The first kappa shape index (κ1) is 15.6.